The van der Waals surface area contributed by atoms with Crippen LogP contribution in [0.5, 0.6) is 0 Å². The lowest BCUT2D eigenvalue weighted by atomic mass is 10.2. The average molecular weight is 123 g/mol. The van der Waals surface area contributed by atoms with Gasteiger partial charge in [-0.1, -0.05) is 17.2 Å². The molecule has 0 fully saturated rings. The summed E-state index contributed by atoms with van der Waals surface area (Å²) in [6.45, 7) is 4.10. The smallest absolute Gasteiger partial charge is 0.104 e. The Labute approximate surface area is 55.7 Å². The van der Waals surface area contributed by atoms with Crippen LogP contribution in [0.1, 0.15) is 20.3 Å². The lowest BCUT2D eigenvalue weighted by Gasteiger charge is -1.92. The van der Waals surface area contributed by atoms with Gasteiger partial charge in [0.15, 0.2) is 0 Å². The fraction of sp³-hybridized carbons (Fsp3) is 0.500. The molecule has 0 aromatic rings. The van der Waals surface area contributed by atoms with Gasteiger partial charge in [-0.2, -0.15) is 0 Å². The molecule has 1 heteroatoms. The lowest BCUT2D eigenvalue weighted by Crippen LogP contribution is -1.83. The summed E-state index contributed by atoms with van der Waals surface area (Å²) in [4.78, 5) is 0. The van der Waals surface area contributed by atoms with Gasteiger partial charge in [0.25, 0.3) is 0 Å². The molecule has 0 bridgehead atoms. The van der Waals surface area contributed by atoms with Crippen LogP contribution in [-0.4, -0.2) is 6.61 Å². The van der Waals surface area contributed by atoms with E-state index in [4.69, 9.17) is 0 Å². The molecule has 0 N–H and O–H groups in total. The zero-order chi connectivity index (χ0) is 6.85. The quantitative estimate of drug-likeness (QED) is 0.508. The number of hydrogen-bond donors (Lipinski definition) is 0. The Balaban J connectivity index is 2.67. The molecule has 0 aromatic carbocycles. The van der Waals surface area contributed by atoms with Gasteiger partial charge >= 0.3 is 0 Å². The zero-order valence-electron chi connectivity index (χ0n) is 5.90. The summed E-state index contributed by atoms with van der Waals surface area (Å²) in [6.07, 6.45) is 2.91. The van der Waals surface area contributed by atoms with Gasteiger partial charge in [-0.3, -0.25) is 0 Å². The second kappa shape index (κ2) is 2.36. The molecular weight excluding hydrogens is 112 g/mol. The van der Waals surface area contributed by atoms with Crippen molar-refractivity contribution in [2.24, 2.45) is 0 Å². The Morgan fingerprint density at radius 3 is 2.44 bits per heavy atom. The predicted molar refractivity (Wildman–Crippen MR) is 36.6 cm³/mol. The molecule has 1 rings (SSSR count). The molecule has 0 heterocycles. The topological polar surface area (TPSA) is 19.9 Å². The van der Waals surface area contributed by atoms with Gasteiger partial charge in [0.1, 0.15) is 6.61 Å². The number of hydrogen-bond acceptors (Lipinski definition) is 0. The summed E-state index contributed by atoms with van der Waals surface area (Å²) in [7, 11) is 0. The molecule has 1 radical (unpaired) electrons. The molecule has 0 amide bonds. The summed E-state index contributed by atoms with van der Waals surface area (Å²) >= 11 is 0. The lowest BCUT2D eigenvalue weighted by molar-refractivity contribution is 0.222. The van der Waals surface area contributed by atoms with Crippen molar-refractivity contribution in [3.63, 3.8) is 0 Å². The van der Waals surface area contributed by atoms with Crippen LogP contribution >= 0.6 is 0 Å². The van der Waals surface area contributed by atoms with E-state index in [1.165, 1.54) is 11.1 Å². The van der Waals surface area contributed by atoms with Gasteiger partial charge in [-0.15, -0.1) is 0 Å². The first-order chi connectivity index (χ1) is 4.24. The van der Waals surface area contributed by atoms with E-state index in [0.717, 1.165) is 12.0 Å². The molecule has 1 aliphatic carbocycles. The minimum Gasteiger partial charge on any atom is -0.232 e. The van der Waals surface area contributed by atoms with E-state index in [2.05, 4.69) is 13.8 Å². The summed E-state index contributed by atoms with van der Waals surface area (Å²) in [6, 6.07) is 0. The standard InChI is InChI=1S/C8H11O/c1-6-3-8(5-9)4-7(6)2/h3H,4-5H2,1-2H3. The summed E-state index contributed by atoms with van der Waals surface area (Å²) in [5.74, 6) is 0. The second-order valence-corrected chi connectivity index (χ2v) is 2.59. The maximum atomic E-state index is 10.3. The highest BCUT2D eigenvalue weighted by Crippen LogP contribution is 2.23. The molecule has 1 nitrogen and oxygen atoms in total. The largest absolute Gasteiger partial charge is 0.232 e. The fourth-order valence-corrected chi connectivity index (χ4v) is 1.05. The van der Waals surface area contributed by atoms with Crippen molar-refractivity contribution in [3.8, 4) is 0 Å². The molecule has 0 saturated heterocycles. The first kappa shape index (κ1) is 6.56. The Morgan fingerprint density at radius 2 is 2.22 bits per heavy atom. The SMILES string of the molecule is CC1=C(C)CC(C[O])=C1. The van der Waals surface area contributed by atoms with E-state index in [1.54, 1.807) is 0 Å². The minimum absolute atomic E-state index is 0.0331. The van der Waals surface area contributed by atoms with Crippen molar-refractivity contribution in [1.29, 1.82) is 0 Å². The van der Waals surface area contributed by atoms with Gasteiger partial charge < -0.3 is 0 Å². The van der Waals surface area contributed by atoms with Crippen LogP contribution < -0.4 is 0 Å². The molecule has 0 unspecified atom stereocenters. The minimum atomic E-state index is -0.0331. The number of allylic oxidation sites excluding steroid dienone is 3. The number of rotatable bonds is 1. The van der Waals surface area contributed by atoms with Crippen molar-refractivity contribution < 1.29 is 5.11 Å². The van der Waals surface area contributed by atoms with Crippen LogP contribution in [0, 0.1) is 0 Å². The molecule has 49 valence electrons. The monoisotopic (exact) mass is 123 g/mol. The normalized spacial score (nSPS) is 18.8. The van der Waals surface area contributed by atoms with Crippen LogP contribution in [0.4, 0.5) is 0 Å². The summed E-state index contributed by atoms with van der Waals surface area (Å²) < 4.78 is 0. The molecule has 0 aromatic heterocycles. The van der Waals surface area contributed by atoms with Gasteiger partial charge in [0.2, 0.25) is 0 Å². The van der Waals surface area contributed by atoms with Crippen LogP contribution in [0.3, 0.4) is 0 Å². The van der Waals surface area contributed by atoms with Gasteiger partial charge in [0.05, 0.1) is 0 Å². The summed E-state index contributed by atoms with van der Waals surface area (Å²) in [5.41, 5.74) is 3.66. The molecular formula is C8H11O. The van der Waals surface area contributed by atoms with Crippen molar-refractivity contribution >= 4 is 0 Å². The van der Waals surface area contributed by atoms with Crippen molar-refractivity contribution in [2.45, 2.75) is 20.3 Å². The Kier molecular flexibility index (Phi) is 1.72. The first-order valence-corrected chi connectivity index (χ1v) is 3.18. The maximum absolute atomic E-state index is 10.3. The average Bonchev–Trinajstić information content (AvgIpc) is 2.13. The first-order valence-electron chi connectivity index (χ1n) is 3.18. The highest BCUT2D eigenvalue weighted by atomic mass is 16.3. The van der Waals surface area contributed by atoms with Crippen LogP contribution in [0.2, 0.25) is 0 Å². The Bertz CT molecular complexity index is 175. The van der Waals surface area contributed by atoms with Crippen molar-refractivity contribution in [2.75, 3.05) is 6.61 Å². The van der Waals surface area contributed by atoms with Crippen molar-refractivity contribution in [1.82, 2.24) is 0 Å². The second-order valence-electron chi connectivity index (χ2n) is 2.59. The molecule has 9 heavy (non-hydrogen) atoms. The Morgan fingerprint density at radius 1 is 1.56 bits per heavy atom. The van der Waals surface area contributed by atoms with Crippen LogP contribution in [0.15, 0.2) is 22.8 Å². The van der Waals surface area contributed by atoms with Gasteiger partial charge in [-0.05, 0) is 25.8 Å². The third-order valence-electron chi connectivity index (χ3n) is 1.77. The van der Waals surface area contributed by atoms with E-state index in [9.17, 15) is 5.11 Å². The Hall–Kier alpha value is -0.560. The zero-order valence-corrected chi connectivity index (χ0v) is 5.90. The molecule has 0 spiro atoms. The van der Waals surface area contributed by atoms with E-state index >= 15 is 0 Å². The van der Waals surface area contributed by atoms with Gasteiger partial charge in [-0.25, -0.2) is 5.11 Å². The van der Waals surface area contributed by atoms with Crippen LogP contribution in [-0.2, 0) is 5.11 Å². The van der Waals surface area contributed by atoms with E-state index in [1.807, 2.05) is 6.08 Å². The third kappa shape index (κ3) is 1.22. The predicted octanol–water partition coefficient (Wildman–Crippen LogP) is 2.08. The van der Waals surface area contributed by atoms with E-state index in [-0.39, 0.29) is 6.61 Å². The third-order valence-corrected chi connectivity index (χ3v) is 1.77. The van der Waals surface area contributed by atoms with E-state index < -0.39 is 0 Å². The maximum Gasteiger partial charge on any atom is 0.104 e. The van der Waals surface area contributed by atoms with Crippen LogP contribution in [0.25, 0.3) is 0 Å². The molecule has 0 saturated carbocycles. The highest BCUT2D eigenvalue weighted by Gasteiger charge is 2.07. The highest BCUT2D eigenvalue weighted by molar-refractivity contribution is 5.36. The molecule has 0 atom stereocenters. The van der Waals surface area contributed by atoms with Gasteiger partial charge in [0, 0.05) is 0 Å². The fourth-order valence-electron chi connectivity index (χ4n) is 1.05. The van der Waals surface area contributed by atoms with Crippen molar-refractivity contribution in [3.05, 3.63) is 22.8 Å². The molecule has 0 aliphatic heterocycles. The van der Waals surface area contributed by atoms with E-state index in [0.29, 0.717) is 0 Å². The summed E-state index contributed by atoms with van der Waals surface area (Å²) in [5, 5.41) is 10.3. The molecule has 1 aliphatic rings.